The fraction of sp³-hybridized carbons (Fsp3) is 0.889. The van der Waals surface area contributed by atoms with Gasteiger partial charge in [0.15, 0.2) is 0 Å². The lowest BCUT2D eigenvalue weighted by atomic mass is 10.1. The number of esters is 1. The highest BCUT2D eigenvalue weighted by molar-refractivity contribution is 7.86. The third-order valence-corrected chi connectivity index (χ3v) is 4.51. The molecule has 0 aromatic heterocycles. The van der Waals surface area contributed by atoms with E-state index in [-0.39, 0.29) is 23.1 Å². The molecule has 3 nitrogen and oxygen atoms in total. The quantitative estimate of drug-likeness (QED) is 0.550. The van der Waals surface area contributed by atoms with Crippen molar-refractivity contribution in [2.45, 2.75) is 43.5 Å². The minimum atomic E-state index is -0.972. The van der Waals surface area contributed by atoms with E-state index in [1.807, 2.05) is 0 Å². The topological polar surface area (TPSA) is 43.4 Å². The van der Waals surface area contributed by atoms with Crippen molar-refractivity contribution in [2.75, 3.05) is 5.75 Å². The van der Waals surface area contributed by atoms with Crippen molar-refractivity contribution in [3.8, 4) is 0 Å². The van der Waals surface area contributed by atoms with Gasteiger partial charge < -0.3 is 4.74 Å². The molecule has 2 rings (SSSR count). The molecule has 1 unspecified atom stereocenters. The number of ether oxygens (including phenoxy) is 1. The summed E-state index contributed by atoms with van der Waals surface area (Å²) < 4.78 is 16.8. The SMILES string of the molecule is O=C1CS(=O)[C@H]2CCCCC[C@@H]2O1. The molecule has 74 valence electrons. The fourth-order valence-electron chi connectivity index (χ4n) is 2.10. The maximum Gasteiger partial charge on any atom is 0.318 e. The van der Waals surface area contributed by atoms with Crippen molar-refractivity contribution in [3.63, 3.8) is 0 Å². The van der Waals surface area contributed by atoms with Gasteiger partial charge in [0.1, 0.15) is 11.9 Å². The molecule has 0 radical (unpaired) electrons. The second-order valence-corrected chi connectivity index (χ2v) is 5.39. The highest BCUT2D eigenvalue weighted by atomic mass is 32.2. The van der Waals surface area contributed by atoms with Gasteiger partial charge in [0.05, 0.1) is 5.25 Å². The summed E-state index contributed by atoms with van der Waals surface area (Å²) in [6.07, 6.45) is 5.23. The van der Waals surface area contributed by atoms with E-state index in [1.54, 1.807) is 0 Å². The number of rotatable bonds is 0. The molecule has 4 heteroatoms. The fourth-order valence-corrected chi connectivity index (χ4v) is 3.58. The van der Waals surface area contributed by atoms with Gasteiger partial charge in [-0.1, -0.05) is 12.8 Å². The Morgan fingerprint density at radius 3 is 2.85 bits per heavy atom. The summed E-state index contributed by atoms with van der Waals surface area (Å²) in [7, 11) is -0.972. The maximum atomic E-state index is 11.6. The summed E-state index contributed by atoms with van der Waals surface area (Å²) in [5, 5.41) is 0.125. The Morgan fingerprint density at radius 2 is 2.00 bits per heavy atom. The molecule has 1 saturated carbocycles. The van der Waals surface area contributed by atoms with Crippen LogP contribution in [0.5, 0.6) is 0 Å². The first kappa shape index (κ1) is 9.19. The van der Waals surface area contributed by atoms with Crippen LogP contribution in [0.2, 0.25) is 0 Å². The normalized spacial score (nSPS) is 40.3. The van der Waals surface area contributed by atoms with Crippen LogP contribution in [-0.2, 0) is 20.3 Å². The molecule has 2 aliphatic rings. The van der Waals surface area contributed by atoms with E-state index in [2.05, 4.69) is 0 Å². The predicted molar refractivity (Wildman–Crippen MR) is 49.8 cm³/mol. The van der Waals surface area contributed by atoms with Crippen molar-refractivity contribution in [3.05, 3.63) is 0 Å². The number of carbonyl (C=O) groups excluding carboxylic acids is 1. The lowest BCUT2D eigenvalue weighted by molar-refractivity contribution is -0.147. The van der Waals surface area contributed by atoms with E-state index in [0.29, 0.717) is 0 Å². The van der Waals surface area contributed by atoms with Gasteiger partial charge in [-0.15, -0.1) is 0 Å². The molecule has 1 heterocycles. The molecule has 1 saturated heterocycles. The van der Waals surface area contributed by atoms with Crippen LogP contribution >= 0.6 is 0 Å². The first-order chi connectivity index (χ1) is 6.27. The molecule has 1 aliphatic carbocycles. The second-order valence-electron chi connectivity index (χ2n) is 3.73. The van der Waals surface area contributed by atoms with Gasteiger partial charge in [-0.25, -0.2) is 0 Å². The van der Waals surface area contributed by atoms with Crippen LogP contribution < -0.4 is 0 Å². The Kier molecular flexibility index (Phi) is 2.67. The monoisotopic (exact) mass is 202 g/mol. The Bertz CT molecular complexity index is 239. The summed E-state index contributed by atoms with van der Waals surface area (Å²) in [4.78, 5) is 11.0. The van der Waals surface area contributed by atoms with Gasteiger partial charge in [0.25, 0.3) is 0 Å². The molecule has 0 aromatic carbocycles. The molecule has 1 aliphatic heterocycles. The first-order valence-corrected chi connectivity index (χ1v) is 6.22. The van der Waals surface area contributed by atoms with Gasteiger partial charge >= 0.3 is 5.97 Å². The molecule has 0 amide bonds. The van der Waals surface area contributed by atoms with E-state index < -0.39 is 10.8 Å². The highest BCUT2D eigenvalue weighted by Crippen LogP contribution is 2.27. The molecule has 0 bridgehead atoms. The van der Waals surface area contributed by atoms with E-state index in [9.17, 15) is 9.00 Å². The lowest BCUT2D eigenvalue weighted by Crippen LogP contribution is -2.42. The summed E-state index contributed by atoms with van der Waals surface area (Å²) in [6, 6.07) is 0. The van der Waals surface area contributed by atoms with Crippen molar-refractivity contribution in [2.24, 2.45) is 0 Å². The van der Waals surface area contributed by atoms with E-state index in [1.165, 1.54) is 6.42 Å². The van der Waals surface area contributed by atoms with Crippen LogP contribution in [-0.4, -0.2) is 27.3 Å². The molecular weight excluding hydrogens is 188 g/mol. The van der Waals surface area contributed by atoms with E-state index >= 15 is 0 Å². The van der Waals surface area contributed by atoms with E-state index in [0.717, 1.165) is 25.7 Å². The van der Waals surface area contributed by atoms with Gasteiger partial charge in [-0.2, -0.15) is 0 Å². The van der Waals surface area contributed by atoms with Crippen LogP contribution in [0.3, 0.4) is 0 Å². The standard InChI is InChI=1S/C9H14O3S/c10-9-6-13(11)8-5-3-1-2-4-7(8)12-9/h7-8H,1-6H2/t7-,8-,13?/m0/s1. The molecule has 2 fully saturated rings. The third kappa shape index (κ3) is 1.93. The van der Waals surface area contributed by atoms with Crippen molar-refractivity contribution >= 4 is 16.8 Å². The van der Waals surface area contributed by atoms with Crippen molar-refractivity contribution in [1.82, 2.24) is 0 Å². The van der Waals surface area contributed by atoms with Crippen molar-refractivity contribution in [1.29, 1.82) is 0 Å². The van der Waals surface area contributed by atoms with E-state index in [4.69, 9.17) is 4.74 Å². The smallest absolute Gasteiger partial charge is 0.318 e. The Balaban J connectivity index is 2.11. The summed E-state index contributed by atoms with van der Waals surface area (Å²) in [5.74, 6) is -0.164. The number of carbonyl (C=O) groups is 1. The zero-order valence-corrected chi connectivity index (χ0v) is 8.35. The molecule has 0 aromatic rings. The van der Waals surface area contributed by atoms with Crippen LogP contribution in [0.25, 0.3) is 0 Å². The number of fused-ring (bicyclic) bond motifs is 1. The molecule has 0 N–H and O–H groups in total. The average Bonchev–Trinajstić information content (AvgIpc) is 2.28. The third-order valence-electron chi connectivity index (χ3n) is 2.77. The number of hydrogen-bond donors (Lipinski definition) is 0. The molecule has 3 atom stereocenters. The van der Waals surface area contributed by atoms with Gasteiger partial charge in [-0.05, 0) is 19.3 Å². The lowest BCUT2D eigenvalue weighted by Gasteiger charge is -2.28. The van der Waals surface area contributed by atoms with Gasteiger partial charge in [-0.3, -0.25) is 9.00 Å². The zero-order chi connectivity index (χ0) is 9.26. The largest absolute Gasteiger partial charge is 0.460 e. The summed E-state index contributed by atoms with van der Waals surface area (Å²) >= 11 is 0. The summed E-state index contributed by atoms with van der Waals surface area (Å²) in [5.41, 5.74) is 0. The minimum absolute atomic E-state index is 0.0513. The average molecular weight is 202 g/mol. The molecular formula is C9H14O3S. The van der Waals surface area contributed by atoms with Crippen LogP contribution in [0, 0.1) is 0 Å². The minimum Gasteiger partial charge on any atom is -0.460 e. The van der Waals surface area contributed by atoms with Crippen molar-refractivity contribution < 1.29 is 13.7 Å². The predicted octanol–water partition coefficient (Wildman–Crippen LogP) is 0.993. The van der Waals surface area contributed by atoms with Gasteiger partial charge in [0, 0.05) is 10.8 Å². The van der Waals surface area contributed by atoms with Gasteiger partial charge in [0.2, 0.25) is 0 Å². The Labute approximate surface area is 80.3 Å². The maximum absolute atomic E-state index is 11.6. The number of hydrogen-bond acceptors (Lipinski definition) is 3. The Hall–Kier alpha value is -0.380. The highest BCUT2D eigenvalue weighted by Gasteiger charge is 2.36. The molecule has 13 heavy (non-hydrogen) atoms. The van der Waals surface area contributed by atoms with Crippen LogP contribution in [0.4, 0.5) is 0 Å². The first-order valence-electron chi connectivity index (χ1n) is 4.84. The second kappa shape index (κ2) is 3.78. The zero-order valence-electron chi connectivity index (χ0n) is 7.53. The summed E-state index contributed by atoms with van der Waals surface area (Å²) in [6.45, 7) is 0. The molecule has 0 spiro atoms. The Morgan fingerprint density at radius 1 is 1.23 bits per heavy atom. The van der Waals surface area contributed by atoms with Crippen LogP contribution in [0.15, 0.2) is 0 Å². The van der Waals surface area contributed by atoms with Crippen LogP contribution in [0.1, 0.15) is 32.1 Å².